The molecule has 1 heterocycles. The van der Waals surface area contributed by atoms with Gasteiger partial charge in [0.05, 0.1) is 26.8 Å². The van der Waals surface area contributed by atoms with Gasteiger partial charge in [0.1, 0.15) is 11.6 Å². The number of ether oxygens (including phenoxy) is 4. The van der Waals surface area contributed by atoms with Gasteiger partial charge in [-0.1, -0.05) is 30.3 Å². The Balaban J connectivity index is 1.97. The van der Waals surface area contributed by atoms with Gasteiger partial charge in [0.15, 0.2) is 34.6 Å². The summed E-state index contributed by atoms with van der Waals surface area (Å²) in [5, 5.41) is 13.9. The Kier molecular flexibility index (Phi) is 5.95. The fourth-order valence-electron chi connectivity index (χ4n) is 3.33. The van der Waals surface area contributed by atoms with Crippen LogP contribution in [0.5, 0.6) is 28.7 Å². The van der Waals surface area contributed by atoms with E-state index in [4.69, 9.17) is 18.9 Å². The molecule has 0 aliphatic rings. The number of fused-ring (bicyclic) bond motifs is 1. The lowest BCUT2D eigenvalue weighted by molar-refractivity contribution is 0.355. The van der Waals surface area contributed by atoms with E-state index in [0.717, 1.165) is 5.69 Å². The van der Waals surface area contributed by atoms with Crippen LogP contribution in [-0.2, 0) is 0 Å². The van der Waals surface area contributed by atoms with Gasteiger partial charge >= 0.3 is 0 Å². The number of pyridine rings is 1. The van der Waals surface area contributed by atoms with Gasteiger partial charge in [0, 0.05) is 17.1 Å². The summed E-state index contributed by atoms with van der Waals surface area (Å²) in [6, 6.07) is 22.5. The summed E-state index contributed by atoms with van der Waals surface area (Å²) < 4.78 is 22.6. The van der Waals surface area contributed by atoms with E-state index in [0.29, 0.717) is 45.5 Å². The van der Waals surface area contributed by atoms with E-state index < -0.39 is 0 Å². The number of nitrogens with zero attached hydrogens (tertiary/aromatic N) is 2. The zero-order valence-electron chi connectivity index (χ0n) is 17.9. The van der Waals surface area contributed by atoms with Crippen LogP contribution in [-0.4, -0.2) is 26.3 Å². The number of methoxy groups -OCH3 is 3. The number of hydrogen-bond donors (Lipinski definition) is 1. The summed E-state index contributed by atoms with van der Waals surface area (Å²) in [5.41, 5.74) is 1.61. The average molecular weight is 427 g/mol. The molecule has 0 aliphatic heterocycles. The first-order chi connectivity index (χ1) is 15.7. The summed E-state index contributed by atoms with van der Waals surface area (Å²) in [4.78, 5) is 4.69. The average Bonchev–Trinajstić information content (AvgIpc) is 2.84. The van der Waals surface area contributed by atoms with Crippen molar-refractivity contribution in [2.24, 2.45) is 0 Å². The first-order valence-corrected chi connectivity index (χ1v) is 9.81. The molecule has 0 atom stereocenters. The lowest BCUT2D eigenvalue weighted by Gasteiger charge is -2.17. The normalized spacial score (nSPS) is 10.3. The summed E-state index contributed by atoms with van der Waals surface area (Å²) in [6.45, 7) is 0. The highest BCUT2D eigenvalue weighted by Gasteiger charge is 2.21. The van der Waals surface area contributed by atoms with Crippen LogP contribution < -0.4 is 24.3 Å². The number of hydrogen-bond acceptors (Lipinski definition) is 7. The molecule has 3 aromatic carbocycles. The van der Waals surface area contributed by atoms with Gasteiger partial charge < -0.3 is 24.3 Å². The molecule has 0 amide bonds. The maximum atomic E-state index is 10.1. The van der Waals surface area contributed by atoms with Crippen molar-refractivity contribution in [2.45, 2.75) is 0 Å². The van der Waals surface area contributed by atoms with Crippen LogP contribution in [0.4, 0.5) is 11.5 Å². The minimum Gasteiger partial charge on any atom is -0.493 e. The maximum absolute atomic E-state index is 10.1. The van der Waals surface area contributed by atoms with Gasteiger partial charge in [-0.25, -0.2) is 4.98 Å². The van der Waals surface area contributed by atoms with E-state index in [-0.39, 0.29) is 5.56 Å². The van der Waals surface area contributed by atoms with E-state index in [1.165, 1.54) is 0 Å². The first kappa shape index (κ1) is 20.8. The lowest BCUT2D eigenvalue weighted by Crippen LogP contribution is -2.02. The second-order valence-electron chi connectivity index (χ2n) is 6.74. The van der Waals surface area contributed by atoms with Crippen molar-refractivity contribution in [3.8, 4) is 34.8 Å². The predicted octanol–water partition coefficient (Wildman–Crippen LogP) is 5.67. The molecule has 4 rings (SSSR count). The highest BCUT2D eigenvalue weighted by atomic mass is 16.5. The third kappa shape index (κ3) is 3.94. The predicted molar refractivity (Wildman–Crippen MR) is 122 cm³/mol. The molecule has 160 valence electrons. The SMILES string of the molecule is COc1cc2nc(Nc3ccccc3)c(C#N)c(Oc3ccccc3OC)c2cc1OC. The quantitative estimate of drug-likeness (QED) is 0.407. The van der Waals surface area contributed by atoms with Gasteiger partial charge in [-0.2, -0.15) is 5.26 Å². The maximum Gasteiger partial charge on any atom is 0.169 e. The Bertz CT molecular complexity index is 1300. The molecule has 0 fully saturated rings. The van der Waals surface area contributed by atoms with Crippen LogP contribution in [0.15, 0.2) is 66.7 Å². The number of rotatable bonds is 7. The molecule has 0 unspecified atom stereocenters. The van der Waals surface area contributed by atoms with E-state index in [2.05, 4.69) is 16.4 Å². The van der Waals surface area contributed by atoms with Gasteiger partial charge in [-0.15, -0.1) is 0 Å². The molecule has 0 saturated heterocycles. The van der Waals surface area contributed by atoms with Crippen molar-refractivity contribution in [2.75, 3.05) is 26.6 Å². The number of anilines is 2. The van der Waals surface area contributed by atoms with E-state index >= 15 is 0 Å². The number of aromatic nitrogens is 1. The van der Waals surface area contributed by atoms with E-state index in [1.807, 2.05) is 42.5 Å². The van der Waals surface area contributed by atoms with Crippen LogP contribution in [0.25, 0.3) is 10.9 Å². The molecule has 7 nitrogen and oxygen atoms in total. The summed E-state index contributed by atoms with van der Waals surface area (Å²) in [6.07, 6.45) is 0. The zero-order valence-corrected chi connectivity index (χ0v) is 17.9. The van der Waals surface area contributed by atoms with Gasteiger partial charge in [0.2, 0.25) is 0 Å². The van der Waals surface area contributed by atoms with Crippen LogP contribution in [0, 0.1) is 11.3 Å². The highest BCUT2D eigenvalue weighted by Crippen LogP contribution is 2.43. The zero-order chi connectivity index (χ0) is 22.5. The fraction of sp³-hybridized carbons (Fsp3) is 0.120. The lowest BCUT2D eigenvalue weighted by atomic mass is 10.1. The largest absolute Gasteiger partial charge is 0.493 e. The molecule has 0 spiro atoms. The first-order valence-electron chi connectivity index (χ1n) is 9.81. The molecule has 7 heteroatoms. The molecule has 1 N–H and O–H groups in total. The molecule has 0 saturated carbocycles. The van der Waals surface area contributed by atoms with Crippen LogP contribution in [0.3, 0.4) is 0 Å². The van der Waals surface area contributed by atoms with Gasteiger partial charge in [-0.05, 0) is 30.3 Å². The molecule has 1 aromatic heterocycles. The van der Waals surface area contributed by atoms with Crippen molar-refractivity contribution < 1.29 is 18.9 Å². The van der Waals surface area contributed by atoms with Gasteiger partial charge in [0.25, 0.3) is 0 Å². The monoisotopic (exact) mass is 427 g/mol. The molecule has 0 radical (unpaired) electrons. The second kappa shape index (κ2) is 9.14. The second-order valence-corrected chi connectivity index (χ2v) is 6.74. The molecule has 0 bridgehead atoms. The number of para-hydroxylation sites is 3. The summed E-state index contributed by atoms with van der Waals surface area (Å²) >= 11 is 0. The van der Waals surface area contributed by atoms with Gasteiger partial charge in [-0.3, -0.25) is 0 Å². The third-order valence-electron chi connectivity index (χ3n) is 4.87. The van der Waals surface area contributed by atoms with Crippen molar-refractivity contribution in [1.29, 1.82) is 5.26 Å². The molecule has 32 heavy (non-hydrogen) atoms. The number of nitrogens with one attached hydrogen (secondary N) is 1. The van der Waals surface area contributed by atoms with Crippen LogP contribution >= 0.6 is 0 Å². The Morgan fingerprint density at radius 1 is 0.781 bits per heavy atom. The molecular weight excluding hydrogens is 406 g/mol. The highest BCUT2D eigenvalue weighted by molar-refractivity contribution is 5.93. The third-order valence-corrected chi connectivity index (χ3v) is 4.87. The number of nitriles is 1. The summed E-state index contributed by atoms with van der Waals surface area (Å²) in [7, 11) is 4.67. The Morgan fingerprint density at radius 2 is 1.41 bits per heavy atom. The molecule has 0 aliphatic carbocycles. The van der Waals surface area contributed by atoms with Crippen LogP contribution in [0.2, 0.25) is 0 Å². The van der Waals surface area contributed by atoms with Crippen molar-refractivity contribution in [3.05, 3.63) is 72.3 Å². The number of benzene rings is 3. The smallest absolute Gasteiger partial charge is 0.169 e. The minimum absolute atomic E-state index is 0.250. The Morgan fingerprint density at radius 3 is 2.06 bits per heavy atom. The van der Waals surface area contributed by atoms with E-state index in [1.54, 1.807) is 45.6 Å². The minimum atomic E-state index is 0.250. The standard InChI is InChI=1S/C25H21N3O4/c1-29-20-11-7-8-12-21(20)32-24-17-13-22(30-2)23(31-3)14-19(17)28-25(18(24)15-26)27-16-9-5-4-6-10-16/h4-14H,1-3H3,(H,27,28). The topological polar surface area (TPSA) is 85.6 Å². The Hall–Kier alpha value is -4.44. The van der Waals surface area contributed by atoms with Crippen LogP contribution in [0.1, 0.15) is 5.56 Å². The van der Waals surface area contributed by atoms with Crippen molar-refractivity contribution in [3.63, 3.8) is 0 Å². The molecular formula is C25H21N3O4. The van der Waals surface area contributed by atoms with E-state index in [9.17, 15) is 5.26 Å². The summed E-state index contributed by atoms with van der Waals surface area (Å²) in [5.74, 6) is 2.73. The van der Waals surface area contributed by atoms with Crippen molar-refractivity contribution in [1.82, 2.24) is 4.98 Å². The molecule has 4 aromatic rings. The fourth-order valence-corrected chi connectivity index (χ4v) is 3.33. The Labute approximate surface area is 185 Å². The van der Waals surface area contributed by atoms with Crippen molar-refractivity contribution >= 4 is 22.4 Å².